The van der Waals surface area contributed by atoms with Gasteiger partial charge < -0.3 is 14.5 Å². The zero-order valence-electron chi connectivity index (χ0n) is 19.7. The summed E-state index contributed by atoms with van der Waals surface area (Å²) in [7, 11) is 1.63. The molecule has 3 aromatic heterocycles. The number of piperidine rings is 1. The van der Waals surface area contributed by atoms with E-state index in [0.717, 1.165) is 79.7 Å². The van der Waals surface area contributed by atoms with E-state index in [4.69, 9.17) is 9.47 Å². The number of rotatable bonds is 4. The highest BCUT2D eigenvalue weighted by Gasteiger charge is 2.29. The summed E-state index contributed by atoms with van der Waals surface area (Å²) in [5, 5.41) is 4.28. The summed E-state index contributed by atoms with van der Waals surface area (Å²) >= 11 is 0. The quantitative estimate of drug-likeness (QED) is 0.501. The van der Waals surface area contributed by atoms with Crippen molar-refractivity contribution >= 4 is 16.7 Å². The van der Waals surface area contributed by atoms with Crippen LogP contribution in [-0.2, 0) is 4.74 Å². The number of aromatic amines is 1. The van der Waals surface area contributed by atoms with E-state index >= 15 is 0 Å². The van der Waals surface area contributed by atoms with Crippen LogP contribution in [0.25, 0.3) is 27.8 Å². The molecule has 0 spiro atoms. The first-order chi connectivity index (χ1) is 16.6. The molecule has 2 aliphatic heterocycles. The van der Waals surface area contributed by atoms with E-state index in [0.29, 0.717) is 17.4 Å². The van der Waals surface area contributed by atoms with Crippen molar-refractivity contribution in [2.45, 2.75) is 44.7 Å². The highest BCUT2D eigenvalue weighted by atomic mass is 16.5. The Morgan fingerprint density at radius 2 is 2.00 bits per heavy atom. The Bertz CT molecular complexity index is 1400. The molecule has 0 bridgehead atoms. The van der Waals surface area contributed by atoms with Gasteiger partial charge in [0.15, 0.2) is 11.4 Å². The number of nitrogens with zero attached hydrogens (tertiary/aromatic N) is 5. The fourth-order valence-corrected chi connectivity index (χ4v) is 5.72. The average Bonchev–Trinajstić information content (AvgIpc) is 3.47. The lowest BCUT2D eigenvalue weighted by atomic mass is 9.98. The van der Waals surface area contributed by atoms with Crippen LogP contribution >= 0.6 is 0 Å². The molecule has 1 atom stereocenters. The van der Waals surface area contributed by atoms with Crippen LogP contribution < -0.4 is 10.4 Å². The van der Waals surface area contributed by atoms with E-state index in [1.165, 1.54) is 6.33 Å². The van der Waals surface area contributed by atoms with Crippen molar-refractivity contribution in [3.8, 4) is 16.9 Å². The van der Waals surface area contributed by atoms with Gasteiger partial charge in [-0.25, -0.2) is 14.3 Å². The summed E-state index contributed by atoms with van der Waals surface area (Å²) in [4.78, 5) is 23.1. The molecule has 4 aromatic rings. The fourth-order valence-electron chi connectivity index (χ4n) is 5.72. The van der Waals surface area contributed by atoms with Crippen LogP contribution in [0.3, 0.4) is 0 Å². The van der Waals surface area contributed by atoms with Crippen LogP contribution in [0.4, 0.5) is 0 Å². The summed E-state index contributed by atoms with van der Waals surface area (Å²) in [6, 6.07) is 6.91. The molecule has 0 radical (unpaired) electrons. The molecule has 2 fully saturated rings. The molecule has 0 saturated carbocycles. The minimum Gasteiger partial charge on any atom is -0.493 e. The van der Waals surface area contributed by atoms with E-state index in [1.807, 2.05) is 16.8 Å². The van der Waals surface area contributed by atoms with Crippen molar-refractivity contribution in [3.63, 3.8) is 0 Å². The Kier molecular flexibility index (Phi) is 5.38. The number of H-pyrrole nitrogens is 1. The number of benzene rings is 1. The van der Waals surface area contributed by atoms with E-state index in [9.17, 15) is 4.79 Å². The lowest BCUT2D eigenvalue weighted by Gasteiger charge is -2.40. The number of methoxy groups -OCH3 is 1. The zero-order valence-corrected chi connectivity index (χ0v) is 19.7. The fraction of sp³-hybridized carbons (Fsp3) is 0.480. The number of aryl methyl sites for hydroxylation is 1. The van der Waals surface area contributed by atoms with Crippen LogP contribution in [0.15, 0.2) is 35.5 Å². The van der Waals surface area contributed by atoms with Gasteiger partial charge in [0.25, 0.3) is 0 Å². The lowest BCUT2D eigenvalue weighted by molar-refractivity contribution is 0.0191. The first-order valence-electron chi connectivity index (χ1n) is 12.1. The van der Waals surface area contributed by atoms with Crippen molar-refractivity contribution < 1.29 is 9.47 Å². The molecule has 1 aromatic carbocycles. The van der Waals surface area contributed by atoms with Crippen molar-refractivity contribution in [2.75, 3.05) is 33.4 Å². The van der Waals surface area contributed by atoms with Crippen molar-refractivity contribution in [1.29, 1.82) is 0 Å². The Morgan fingerprint density at radius 1 is 1.15 bits per heavy atom. The van der Waals surface area contributed by atoms with Gasteiger partial charge in [0, 0.05) is 37.6 Å². The standard InChI is InChI=1S/C25H30N6O3/c1-16-10-22-21(12-20(16)17-11-23(33-2)24-26-15-27-30(24)13-17)28-25(32)31(22)19-4-3-7-29(14-19)18-5-8-34-9-6-18/h10-13,15,18-19H,3-9,14H2,1-2H3,(H,28,32). The third-order valence-electron chi connectivity index (χ3n) is 7.44. The largest absolute Gasteiger partial charge is 0.493 e. The van der Waals surface area contributed by atoms with Gasteiger partial charge in [-0.2, -0.15) is 5.10 Å². The van der Waals surface area contributed by atoms with Crippen molar-refractivity contribution in [3.05, 3.63) is 46.8 Å². The second-order valence-corrected chi connectivity index (χ2v) is 9.44. The molecule has 2 saturated heterocycles. The Morgan fingerprint density at radius 3 is 2.82 bits per heavy atom. The van der Waals surface area contributed by atoms with E-state index < -0.39 is 0 Å². The van der Waals surface area contributed by atoms with Gasteiger partial charge in [0.1, 0.15) is 6.33 Å². The number of hydrogen-bond acceptors (Lipinski definition) is 6. The van der Waals surface area contributed by atoms with Crippen LogP contribution in [0.1, 0.15) is 37.3 Å². The molecular weight excluding hydrogens is 432 g/mol. The second-order valence-electron chi connectivity index (χ2n) is 9.44. The summed E-state index contributed by atoms with van der Waals surface area (Å²) in [6.07, 6.45) is 7.75. The molecule has 1 N–H and O–H groups in total. The highest BCUT2D eigenvalue weighted by molar-refractivity contribution is 5.85. The normalized spacial score (nSPS) is 20.4. The minimum atomic E-state index is -0.0327. The van der Waals surface area contributed by atoms with Gasteiger partial charge in [-0.05, 0) is 68.5 Å². The first-order valence-corrected chi connectivity index (χ1v) is 12.1. The molecule has 5 heterocycles. The number of hydrogen-bond donors (Lipinski definition) is 1. The number of ether oxygens (including phenoxy) is 2. The second kappa shape index (κ2) is 8.56. The van der Waals surface area contributed by atoms with E-state index in [2.05, 4.69) is 39.0 Å². The van der Waals surface area contributed by atoms with Gasteiger partial charge in [-0.1, -0.05) is 0 Å². The van der Waals surface area contributed by atoms with Crippen LogP contribution in [0, 0.1) is 6.92 Å². The number of aromatic nitrogens is 5. The topological polar surface area (TPSA) is 89.7 Å². The van der Waals surface area contributed by atoms with E-state index in [1.54, 1.807) is 11.6 Å². The molecule has 1 unspecified atom stereocenters. The predicted molar refractivity (Wildman–Crippen MR) is 130 cm³/mol. The third-order valence-corrected chi connectivity index (χ3v) is 7.44. The molecule has 2 aliphatic rings. The molecule has 9 heteroatoms. The number of pyridine rings is 1. The van der Waals surface area contributed by atoms with Gasteiger partial charge in [-0.15, -0.1) is 0 Å². The Hall–Kier alpha value is -3.17. The first kappa shape index (κ1) is 21.4. The summed E-state index contributed by atoms with van der Waals surface area (Å²) in [6.45, 7) is 5.79. The Balaban J connectivity index is 1.38. The smallest absolute Gasteiger partial charge is 0.326 e. The van der Waals surface area contributed by atoms with Gasteiger partial charge in [0.2, 0.25) is 0 Å². The van der Waals surface area contributed by atoms with Gasteiger partial charge >= 0.3 is 5.69 Å². The summed E-state index contributed by atoms with van der Waals surface area (Å²) < 4.78 is 14.8. The predicted octanol–water partition coefficient (Wildman–Crippen LogP) is 3.17. The number of imidazole rings is 1. The zero-order chi connectivity index (χ0) is 23.2. The SMILES string of the molecule is COc1cc(-c2cc3[nH]c(=O)n(C4CCCN(C5CCOCC5)C4)c3cc2C)cn2ncnc12. The number of likely N-dealkylation sites (tertiary alicyclic amines) is 1. The molecule has 0 amide bonds. The number of nitrogens with one attached hydrogen (secondary N) is 1. The molecule has 6 rings (SSSR count). The maximum absolute atomic E-state index is 13.1. The van der Waals surface area contributed by atoms with Gasteiger partial charge in [-0.3, -0.25) is 9.47 Å². The molecule has 178 valence electrons. The lowest BCUT2D eigenvalue weighted by Crippen LogP contribution is -2.46. The van der Waals surface area contributed by atoms with Crippen LogP contribution in [0.5, 0.6) is 5.75 Å². The van der Waals surface area contributed by atoms with E-state index in [-0.39, 0.29) is 11.7 Å². The van der Waals surface area contributed by atoms with Gasteiger partial charge in [0.05, 0.1) is 24.2 Å². The van der Waals surface area contributed by atoms with Crippen molar-refractivity contribution in [2.24, 2.45) is 0 Å². The molecule has 9 nitrogen and oxygen atoms in total. The van der Waals surface area contributed by atoms with Crippen LogP contribution in [-0.4, -0.2) is 68.5 Å². The number of fused-ring (bicyclic) bond motifs is 2. The van der Waals surface area contributed by atoms with Crippen LogP contribution in [0.2, 0.25) is 0 Å². The maximum atomic E-state index is 13.1. The molecular formula is C25H30N6O3. The minimum absolute atomic E-state index is 0.0327. The third kappa shape index (κ3) is 3.59. The Labute approximate surface area is 197 Å². The molecule has 0 aliphatic carbocycles. The summed E-state index contributed by atoms with van der Waals surface area (Å²) in [5.74, 6) is 0.663. The maximum Gasteiger partial charge on any atom is 0.326 e. The monoisotopic (exact) mass is 462 g/mol. The van der Waals surface area contributed by atoms with Crippen molar-refractivity contribution in [1.82, 2.24) is 29.0 Å². The molecule has 34 heavy (non-hydrogen) atoms. The summed E-state index contributed by atoms with van der Waals surface area (Å²) in [5.41, 5.74) is 5.56. The highest BCUT2D eigenvalue weighted by Crippen LogP contribution is 2.33. The average molecular weight is 463 g/mol.